The maximum absolute atomic E-state index is 12.3. The maximum atomic E-state index is 12.3. The van der Waals surface area contributed by atoms with E-state index in [2.05, 4.69) is 10.4 Å². The molecule has 1 aromatic rings. The molecule has 1 fully saturated rings. The van der Waals surface area contributed by atoms with Crippen LogP contribution in [0.1, 0.15) is 6.92 Å². The van der Waals surface area contributed by atoms with Crippen LogP contribution in [0.3, 0.4) is 0 Å². The molecule has 0 radical (unpaired) electrons. The van der Waals surface area contributed by atoms with E-state index in [1.165, 1.54) is 6.20 Å². The van der Waals surface area contributed by atoms with E-state index in [4.69, 9.17) is 11.6 Å². The van der Waals surface area contributed by atoms with Crippen LogP contribution in [0.25, 0.3) is 0 Å². The molecule has 1 aromatic heterocycles. The van der Waals surface area contributed by atoms with E-state index in [0.29, 0.717) is 30.0 Å². The first-order chi connectivity index (χ1) is 9.28. The van der Waals surface area contributed by atoms with Crippen molar-refractivity contribution in [3.63, 3.8) is 0 Å². The van der Waals surface area contributed by atoms with Gasteiger partial charge < -0.3 is 10.2 Å². The van der Waals surface area contributed by atoms with Crippen LogP contribution in [0.2, 0.25) is 5.02 Å². The molecule has 20 heavy (non-hydrogen) atoms. The highest BCUT2D eigenvalue weighted by Gasteiger charge is 2.30. The van der Waals surface area contributed by atoms with Crippen LogP contribution >= 0.6 is 11.6 Å². The predicted molar refractivity (Wildman–Crippen MR) is 69.2 cm³/mol. The van der Waals surface area contributed by atoms with Crippen LogP contribution in [-0.4, -0.2) is 41.6 Å². The molecule has 1 aliphatic rings. The Morgan fingerprint density at radius 3 is 2.85 bits per heavy atom. The van der Waals surface area contributed by atoms with Gasteiger partial charge in [-0.3, -0.25) is 4.79 Å². The van der Waals surface area contributed by atoms with Crippen molar-refractivity contribution in [1.29, 1.82) is 0 Å². The maximum Gasteiger partial charge on any atom is 0.408 e. The van der Waals surface area contributed by atoms with E-state index in [0.717, 1.165) is 0 Å². The molecule has 1 N–H and O–H groups in total. The van der Waals surface area contributed by atoms with Gasteiger partial charge in [0.15, 0.2) is 0 Å². The molecular weight excluding hydrogens is 297 g/mol. The van der Waals surface area contributed by atoms with Crippen LogP contribution in [-0.2, 0) is 6.54 Å². The second-order valence-corrected chi connectivity index (χ2v) is 5.10. The Labute approximate surface area is 118 Å². The Bertz CT molecular complexity index is 545. The number of anilines is 1. The minimum atomic E-state index is -4.51. The summed E-state index contributed by atoms with van der Waals surface area (Å²) in [7, 11) is 0. The first kappa shape index (κ1) is 15.1. The number of halogens is 4. The van der Waals surface area contributed by atoms with E-state index < -0.39 is 18.3 Å². The Morgan fingerprint density at radius 2 is 2.25 bits per heavy atom. The molecule has 1 aliphatic heterocycles. The van der Waals surface area contributed by atoms with E-state index in [9.17, 15) is 18.0 Å². The summed E-state index contributed by atoms with van der Waals surface area (Å²) in [5.41, 5.74) is -0.545. The Hall–Kier alpha value is -1.28. The van der Waals surface area contributed by atoms with Crippen molar-refractivity contribution < 1.29 is 13.2 Å². The third-order valence-electron chi connectivity index (χ3n) is 3.00. The molecule has 1 saturated heterocycles. The number of nitrogens with one attached hydrogen (secondary N) is 1. The monoisotopic (exact) mass is 310 g/mol. The van der Waals surface area contributed by atoms with E-state index in [1.54, 1.807) is 0 Å². The number of piperazine rings is 1. The summed E-state index contributed by atoms with van der Waals surface area (Å²) in [6, 6.07) is 0.206. The summed E-state index contributed by atoms with van der Waals surface area (Å²) < 4.78 is 37.2. The number of alkyl halides is 3. The Kier molecular flexibility index (Phi) is 4.24. The minimum Gasteiger partial charge on any atom is -0.366 e. The van der Waals surface area contributed by atoms with Crippen LogP contribution in [0.4, 0.5) is 18.9 Å². The van der Waals surface area contributed by atoms with Gasteiger partial charge in [0.05, 0.1) is 11.9 Å². The van der Waals surface area contributed by atoms with Gasteiger partial charge in [0, 0.05) is 25.7 Å². The zero-order valence-electron chi connectivity index (χ0n) is 10.7. The van der Waals surface area contributed by atoms with Gasteiger partial charge in [-0.2, -0.15) is 18.3 Å². The Balaban J connectivity index is 2.29. The van der Waals surface area contributed by atoms with Crippen molar-refractivity contribution in [2.45, 2.75) is 25.7 Å². The lowest BCUT2D eigenvalue weighted by molar-refractivity contribution is -0.143. The molecule has 0 saturated carbocycles. The van der Waals surface area contributed by atoms with Crippen molar-refractivity contribution in [3.8, 4) is 0 Å². The minimum absolute atomic E-state index is 0.206. The van der Waals surface area contributed by atoms with Crippen molar-refractivity contribution in [2.24, 2.45) is 0 Å². The van der Waals surface area contributed by atoms with Gasteiger partial charge in [-0.15, -0.1) is 0 Å². The van der Waals surface area contributed by atoms with Gasteiger partial charge >= 0.3 is 6.18 Å². The lowest BCUT2D eigenvalue weighted by Gasteiger charge is -2.33. The van der Waals surface area contributed by atoms with Gasteiger partial charge in [-0.05, 0) is 6.92 Å². The largest absolute Gasteiger partial charge is 0.408 e. The normalized spacial score (nSPS) is 20.2. The highest BCUT2D eigenvalue weighted by Crippen LogP contribution is 2.23. The average molecular weight is 311 g/mol. The van der Waals surface area contributed by atoms with Crippen LogP contribution in [0.5, 0.6) is 0 Å². The number of hydrogen-bond acceptors (Lipinski definition) is 4. The lowest BCUT2D eigenvalue weighted by atomic mass is 10.2. The van der Waals surface area contributed by atoms with Crippen molar-refractivity contribution in [3.05, 3.63) is 21.6 Å². The van der Waals surface area contributed by atoms with Crippen LogP contribution < -0.4 is 15.8 Å². The second-order valence-electron chi connectivity index (χ2n) is 4.72. The number of hydrogen-bond donors (Lipinski definition) is 1. The highest BCUT2D eigenvalue weighted by molar-refractivity contribution is 6.33. The summed E-state index contributed by atoms with van der Waals surface area (Å²) in [4.78, 5) is 13.7. The number of aromatic nitrogens is 2. The quantitative estimate of drug-likeness (QED) is 0.893. The van der Waals surface area contributed by atoms with Crippen molar-refractivity contribution >= 4 is 17.3 Å². The molecular formula is C11H14ClF3N4O. The summed E-state index contributed by atoms with van der Waals surface area (Å²) in [5, 5.41) is 6.56. The summed E-state index contributed by atoms with van der Waals surface area (Å²) >= 11 is 5.91. The fourth-order valence-corrected chi connectivity index (χ4v) is 2.38. The fourth-order valence-electron chi connectivity index (χ4n) is 2.11. The average Bonchev–Trinajstić information content (AvgIpc) is 2.34. The molecule has 2 rings (SSSR count). The molecule has 1 atom stereocenters. The Morgan fingerprint density at radius 1 is 1.55 bits per heavy atom. The standard InChI is InChI=1S/C11H14ClF3N4O/c1-7-5-18(3-2-16-7)8-4-17-19(6-11(13,14)15)10(20)9(8)12/h4,7,16H,2-3,5-6H2,1H3/t7-/m0/s1. The molecule has 0 bridgehead atoms. The highest BCUT2D eigenvalue weighted by atomic mass is 35.5. The third kappa shape index (κ3) is 3.43. The van der Waals surface area contributed by atoms with Gasteiger partial charge in [0.25, 0.3) is 5.56 Å². The van der Waals surface area contributed by atoms with E-state index >= 15 is 0 Å². The zero-order chi connectivity index (χ0) is 14.9. The second kappa shape index (κ2) is 5.61. The van der Waals surface area contributed by atoms with Crippen LogP contribution in [0.15, 0.2) is 11.0 Å². The molecule has 5 nitrogen and oxygen atoms in total. The summed E-state index contributed by atoms with van der Waals surface area (Å²) in [6.45, 7) is 2.48. The molecule has 0 aromatic carbocycles. The van der Waals surface area contributed by atoms with Gasteiger partial charge in [-0.1, -0.05) is 11.6 Å². The molecule has 0 spiro atoms. The van der Waals surface area contributed by atoms with E-state index in [1.807, 2.05) is 11.8 Å². The molecule has 2 heterocycles. The van der Waals surface area contributed by atoms with Gasteiger partial charge in [0.1, 0.15) is 11.6 Å². The molecule has 0 amide bonds. The molecule has 112 valence electrons. The SMILES string of the molecule is C[C@H]1CN(c2cnn(CC(F)(F)F)c(=O)c2Cl)CCN1. The van der Waals surface area contributed by atoms with Gasteiger partial charge in [-0.25, -0.2) is 4.68 Å². The fraction of sp³-hybridized carbons (Fsp3) is 0.636. The summed E-state index contributed by atoms with van der Waals surface area (Å²) in [6.07, 6.45) is -3.29. The molecule has 9 heteroatoms. The van der Waals surface area contributed by atoms with Crippen molar-refractivity contribution in [2.75, 3.05) is 24.5 Å². The third-order valence-corrected chi connectivity index (χ3v) is 3.36. The van der Waals surface area contributed by atoms with E-state index in [-0.39, 0.29) is 11.1 Å². The summed E-state index contributed by atoms with van der Waals surface area (Å²) in [5.74, 6) is 0. The topological polar surface area (TPSA) is 50.2 Å². The first-order valence-corrected chi connectivity index (χ1v) is 6.46. The number of nitrogens with zero attached hydrogens (tertiary/aromatic N) is 3. The van der Waals surface area contributed by atoms with Gasteiger partial charge in [0.2, 0.25) is 0 Å². The number of rotatable bonds is 2. The zero-order valence-corrected chi connectivity index (χ0v) is 11.5. The predicted octanol–water partition coefficient (Wildman–Crippen LogP) is 1.26. The van der Waals surface area contributed by atoms with Crippen molar-refractivity contribution in [1.82, 2.24) is 15.1 Å². The smallest absolute Gasteiger partial charge is 0.366 e. The molecule has 0 aliphatic carbocycles. The molecule has 0 unspecified atom stereocenters. The first-order valence-electron chi connectivity index (χ1n) is 6.08. The van der Waals surface area contributed by atoms with Crippen LogP contribution in [0, 0.1) is 0 Å². The lowest BCUT2D eigenvalue weighted by Crippen LogP contribution is -2.49.